The molecule has 0 bridgehead atoms. The van der Waals surface area contributed by atoms with Gasteiger partial charge in [-0.25, -0.2) is 0 Å². The topological polar surface area (TPSA) is 38.3 Å². The molecule has 1 unspecified atom stereocenters. The molecule has 1 aliphatic rings. The Morgan fingerprint density at radius 2 is 1.91 bits per heavy atom. The number of rotatable bonds is 2. The van der Waals surface area contributed by atoms with Crippen molar-refractivity contribution in [3.05, 3.63) is 62.7 Å². The highest BCUT2D eigenvalue weighted by Crippen LogP contribution is 2.40. The van der Waals surface area contributed by atoms with Gasteiger partial charge in [0.25, 0.3) is 5.91 Å². The van der Waals surface area contributed by atoms with Crippen LogP contribution in [0, 0.1) is 10.5 Å². The summed E-state index contributed by atoms with van der Waals surface area (Å²) in [5.41, 5.74) is 2.59. The van der Waals surface area contributed by atoms with Crippen molar-refractivity contribution < 1.29 is 9.53 Å². The minimum absolute atomic E-state index is 0.0406. The van der Waals surface area contributed by atoms with Crippen LogP contribution in [0.3, 0.4) is 0 Å². The maximum Gasteiger partial charge on any atom is 0.251 e. The first-order valence-electron chi connectivity index (χ1n) is 7.70. The van der Waals surface area contributed by atoms with E-state index in [4.69, 9.17) is 4.74 Å². The van der Waals surface area contributed by atoms with Crippen LogP contribution in [0.25, 0.3) is 0 Å². The van der Waals surface area contributed by atoms with Crippen LogP contribution in [0.1, 0.15) is 47.8 Å². The molecule has 0 saturated heterocycles. The Hall–Kier alpha value is -1.56. The van der Waals surface area contributed by atoms with Crippen molar-refractivity contribution in [3.8, 4) is 5.75 Å². The maximum absolute atomic E-state index is 12.6. The van der Waals surface area contributed by atoms with E-state index >= 15 is 0 Å². The van der Waals surface area contributed by atoms with Crippen molar-refractivity contribution in [3.63, 3.8) is 0 Å². The highest BCUT2D eigenvalue weighted by atomic mass is 127. The molecule has 0 fully saturated rings. The lowest BCUT2D eigenvalue weighted by Crippen LogP contribution is -2.41. The third-order valence-electron chi connectivity index (χ3n) is 4.04. The minimum atomic E-state index is -0.301. The Kier molecular flexibility index (Phi) is 4.36. The van der Waals surface area contributed by atoms with E-state index in [9.17, 15) is 4.79 Å². The first-order valence-corrected chi connectivity index (χ1v) is 8.78. The largest absolute Gasteiger partial charge is 0.487 e. The van der Waals surface area contributed by atoms with Gasteiger partial charge in [0.15, 0.2) is 0 Å². The number of carbonyl (C=O) groups is 1. The molecule has 3 nitrogen and oxygen atoms in total. The molecule has 0 spiro atoms. The Bertz CT molecular complexity index is 738. The number of amides is 1. The average Bonchev–Trinajstić information content (AvgIpc) is 2.46. The molecule has 1 atom stereocenters. The van der Waals surface area contributed by atoms with Gasteiger partial charge >= 0.3 is 0 Å². The van der Waals surface area contributed by atoms with Crippen molar-refractivity contribution in [2.75, 3.05) is 0 Å². The summed E-state index contributed by atoms with van der Waals surface area (Å²) in [6, 6.07) is 13.7. The lowest BCUT2D eigenvalue weighted by Gasteiger charge is -2.38. The number of carbonyl (C=O) groups excluding carboxylic acids is 1. The van der Waals surface area contributed by atoms with Gasteiger partial charge in [-0.15, -0.1) is 0 Å². The lowest BCUT2D eigenvalue weighted by molar-refractivity contribution is 0.0619. The number of hydrogen-bond acceptors (Lipinski definition) is 2. The second-order valence-corrected chi connectivity index (χ2v) is 7.89. The predicted octanol–water partition coefficient (Wildman–Crippen LogP) is 4.63. The van der Waals surface area contributed by atoms with Crippen molar-refractivity contribution >= 4 is 28.5 Å². The van der Waals surface area contributed by atoms with Gasteiger partial charge in [0.05, 0.1) is 6.04 Å². The Morgan fingerprint density at radius 1 is 1.22 bits per heavy atom. The fourth-order valence-corrected chi connectivity index (χ4v) is 3.29. The maximum atomic E-state index is 12.6. The Morgan fingerprint density at radius 3 is 2.61 bits per heavy atom. The number of ether oxygens (including phenoxy) is 1. The molecule has 4 heteroatoms. The predicted molar refractivity (Wildman–Crippen MR) is 99.9 cm³/mol. The van der Waals surface area contributed by atoms with Gasteiger partial charge in [-0.2, -0.15) is 0 Å². The second-order valence-electron chi connectivity index (χ2n) is 6.64. The van der Waals surface area contributed by atoms with E-state index in [1.54, 1.807) is 0 Å². The highest BCUT2D eigenvalue weighted by molar-refractivity contribution is 14.1. The summed E-state index contributed by atoms with van der Waals surface area (Å²) in [7, 11) is 0. The summed E-state index contributed by atoms with van der Waals surface area (Å²) in [4.78, 5) is 12.6. The number of halogens is 1. The van der Waals surface area contributed by atoms with Gasteiger partial charge in [-0.3, -0.25) is 4.79 Å². The number of hydrogen-bond donors (Lipinski definition) is 1. The van der Waals surface area contributed by atoms with Crippen LogP contribution in [-0.4, -0.2) is 11.5 Å². The molecular formula is C19H20INO2. The van der Waals surface area contributed by atoms with Gasteiger partial charge in [0.1, 0.15) is 11.4 Å². The summed E-state index contributed by atoms with van der Waals surface area (Å²) < 4.78 is 7.20. The molecule has 2 aromatic carbocycles. The molecule has 1 amide bonds. The van der Waals surface area contributed by atoms with Crippen LogP contribution >= 0.6 is 22.6 Å². The van der Waals surface area contributed by atoms with E-state index in [1.165, 1.54) is 0 Å². The molecular weight excluding hydrogens is 401 g/mol. The fraction of sp³-hybridized carbons (Fsp3) is 0.316. The van der Waals surface area contributed by atoms with Crippen molar-refractivity contribution in [2.45, 2.75) is 38.8 Å². The monoisotopic (exact) mass is 421 g/mol. The molecule has 1 N–H and O–H groups in total. The normalized spacial score (nSPS) is 18.7. The van der Waals surface area contributed by atoms with Crippen LogP contribution < -0.4 is 10.1 Å². The summed E-state index contributed by atoms with van der Waals surface area (Å²) in [6.45, 7) is 6.16. The van der Waals surface area contributed by atoms with E-state index in [1.807, 2.05) is 37.3 Å². The quantitative estimate of drug-likeness (QED) is 0.719. The molecule has 1 heterocycles. The van der Waals surface area contributed by atoms with Crippen molar-refractivity contribution in [1.82, 2.24) is 5.32 Å². The molecule has 0 radical (unpaired) electrons. The number of fused-ring (bicyclic) bond motifs is 1. The third kappa shape index (κ3) is 3.68. The summed E-state index contributed by atoms with van der Waals surface area (Å²) >= 11 is 2.23. The Labute approximate surface area is 150 Å². The van der Waals surface area contributed by atoms with Gasteiger partial charge < -0.3 is 10.1 Å². The summed E-state index contributed by atoms with van der Waals surface area (Å²) in [5, 5.41) is 3.16. The van der Waals surface area contributed by atoms with Crippen LogP contribution in [0.2, 0.25) is 0 Å². The molecule has 1 aliphatic heterocycles. The van der Waals surface area contributed by atoms with Gasteiger partial charge in [-0.1, -0.05) is 12.1 Å². The zero-order chi connectivity index (χ0) is 16.6. The first-order chi connectivity index (χ1) is 10.8. The van der Waals surface area contributed by atoms with E-state index in [-0.39, 0.29) is 17.6 Å². The zero-order valence-corrected chi connectivity index (χ0v) is 15.7. The Balaban J connectivity index is 1.87. The molecule has 3 rings (SSSR count). The number of benzene rings is 2. The SMILES string of the molecule is Cc1ccc2c(c1)OC(C)(C)CC2NC(=O)c1ccc(I)cc1. The molecule has 120 valence electrons. The minimum Gasteiger partial charge on any atom is -0.487 e. The molecule has 0 saturated carbocycles. The van der Waals surface area contributed by atoms with Crippen LogP contribution in [0.15, 0.2) is 42.5 Å². The second kappa shape index (κ2) is 6.15. The number of aryl methyl sites for hydroxylation is 1. The smallest absolute Gasteiger partial charge is 0.251 e. The first kappa shape index (κ1) is 16.3. The highest BCUT2D eigenvalue weighted by Gasteiger charge is 2.34. The fourth-order valence-electron chi connectivity index (χ4n) is 2.93. The molecule has 0 aromatic heterocycles. The third-order valence-corrected chi connectivity index (χ3v) is 4.76. The van der Waals surface area contributed by atoms with E-state index < -0.39 is 0 Å². The molecule has 2 aromatic rings. The van der Waals surface area contributed by atoms with Crippen molar-refractivity contribution in [1.29, 1.82) is 0 Å². The van der Waals surface area contributed by atoms with E-state index in [0.29, 0.717) is 5.56 Å². The van der Waals surface area contributed by atoms with Gasteiger partial charge in [0, 0.05) is 21.1 Å². The van der Waals surface area contributed by atoms with Crippen LogP contribution in [-0.2, 0) is 0 Å². The number of nitrogens with one attached hydrogen (secondary N) is 1. The van der Waals surface area contributed by atoms with E-state index in [2.05, 4.69) is 53.9 Å². The lowest BCUT2D eigenvalue weighted by atomic mass is 9.89. The van der Waals surface area contributed by atoms with E-state index in [0.717, 1.165) is 26.9 Å². The molecule has 0 aliphatic carbocycles. The zero-order valence-electron chi connectivity index (χ0n) is 13.5. The summed E-state index contributed by atoms with van der Waals surface area (Å²) in [6.07, 6.45) is 0.749. The van der Waals surface area contributed by atoms with Gasteiger partial charge in [-0.05, 0) is 79.3 Å². The molecule has 23 heavy (non-hydrogen) atoms. The summed E-state index contributed by atoms with van der Waals surface area (Å²) in [5.74, 6) is 0.824. The van der Waals surface area contributed by atoms with Crippen LogP contribution in [0.5, 0.6) is 5.75 Å². The van der Waals surface area contributed by atoms with Crippen LogP contribution in [0.4, 0.5) is 0 Å². The van der Waals surface area contributed by atoms with Crippen molar-refractivity contribution in [2.24, 2.45) is 0 Å². The van der Waals surface area contributed by atoms with Gasteiger partial charge in [0.2, 0.25) is 0 Å². The standard InChI is InChI=1S/C19H20INO2/c1-12-4-9-15-16(11-19(2,3)23-17(15)10-12)21-18(22)13-5-7-14(20)8-6-13/h4-10,16H,11H2,1-3H3,(H,21,22). The average molecular weight is 421 g/mol.